The van der Waals surface area contributed by atoms with Gasteiger partial charge in [0.2, 0.25) is 14.2 Å². The molecule has 1 unspecified atom stereocenters. The van der Waals surface area contributed by atoms with Crippen LogP contribution in [0.25, 0.3) is 11.4 Å². The van der Waals surface area contributed by atoms with E-state index in [0.717, 1.165) is 17.8 Å². The number of benzene rings is 1. The maximum absolute atomic E-state index is 13.6. The van der Waals surface area contributed by atoms with Gasteiger partial charge in [-0.2, -0.15) is 4.37 Å². The van der Waals surface area contributed by atoms with Crippen molar-refractivity contribution in [1.29, 1.82) is 0 Å². The monoisotopic (exact) mass is 424 g/mol. The second-order valence-corrected chi connectivity index (χ2v) is 8.85. The second kappa shape index (κ2) is 7.68. The molecule has 0 fully saturated rings. The zero-order chi connectivity index (χ0) is 20.5. The summed E-state index contributed by atoms with van der Waals surface area (Å²) in [6, 6.07) is 5.67. The Hall–Kier alpha value is -2.79. The first kappa shape index (κ1) is 20.0. The molecule has 0 aliphatic heterocycles. The fourth-order valence-corrected chi connectivity index (χ4v) is 3.77. The van der Waals surface area contributed by atoms with E-state index in [4.69, 9.17) is 15.2 Å². The summed E-state index contributed by atoms with van der Waals surface area (Å²) in [6.45, 7) is 1.71. The Bertz CT molecular complexity index is 1120. The van der Waals surface area contributed by atoms with Gasteiger partial charge in [0.15, 0.2) is 17.4 Å². The van der Waals surface area contributed by atoms with E-state index in [1.165, 1.54) is 31.5 Å². The summed E-state index contributed by atoms with van der Waals surface area (Å²) in [5.41, 5.74) is 6.83. The lowest BCUT2D eigenvalue weighted by molar-refractivity contribution is 0.221. The predicted octanol–water partition coefficient (Wildman–Crippen LogP) is 2.87. The van der Waals surface area contributed by atoms with Gasteiger partial charge in [0.05, 0.1) is 7.11 Å². The van der Waals surface area contributed by atoms with Crippen molar-refractivity contribution >= 4 is 27.2 Å². The van der Waals surface area contributed by atoms with Crippen LogP contribution in [0.3, 0.4) is 0 Å². The van der Waals surface area contributed by atoms with E-state index in [1.54, 1.807) is 13.0 Å². The highest BCUT2D eigenvalue weighted by Crippen LogP contribution is 2.33. The second-order valence-electron chi connectivity index (χ2n) is 5.91. The lowest BCUT2D eigenvalue weighted by Gasteiger charge is -2.18. The van der Waals surface area contributed by atoms with Gasteiger partial charge in [-0.05, 0) is 42.7 Å². The maximum Gasteiger partial charge on any atom is 0.228 e. The zero-order valence-corrected chi connectivity index (χ0v) is 16.8. The summed E-state index contributed by atoms with van der Waals surface area (Å²) < 4.78 is 51.9. The van der Waals surface area contributed by atoms with E-state index in [2.05, 4.69) is 14.3 Å². The number of nitrogens with zero attached hydrogens (tertiary/aromatic N) is 3. The number of nitrogens with two attached hydrogens (primary N) is 1. The number of ether oxygens (including phenoxy) is 2. The number of aromatic nitrogens is 3. The van der Waals surface area contributed by atoms with Crippen LogP contribution in [0.1, 0.15) is 18.6 Å². The molecular formula is C17H17FN4O4S2. The van der Waals surface area contributed by atoms with Crippen LogP contribution in [-0.4, -0.2) is 36.1 Å². The van der Waals surface area contributed by atoms with Crippen molar-refractivity contribution in [1.82, 2.24) is 14.3 Å². The van der Waals surface area contributed by atoms with Gasteiger partial charge in [-0.15, -0.1) is 0 Å². The normalized spacial score (nSPS) is 12.6. The number of anilines is 1. The van der Waals surface area contributed by atoms with E-state index < -0.39 is 21.8 Å². The number of halogens is 1. The van der Waals surface area contributed by atoms with Crippen molar-refractivity contribution in [2.45, 2.75) is 17.4 Å². The molecule has 148 valence electrons. The summed E-state index contributed by atoms with van der Waals surface area (Å²) in [7, 11) is -1.98. The van der Waals surface area contributed by atoms with Gasteiger partial charge in [0, 0.05) is 23.6 Å². The molecule has 0 amide bonds. The van der Waals surface area contributed by atoms with Crippen LogP contribution in [0.4, 0.5) is 10.2 Å². The molecule has 3 rings (SSSR count). The van der Waals surface area contributed by atoms with Crippen LogP contribution in [0.5, 0.6) is 11.5 Å². The number of rotatable bonds is 6. The number of hydrogen-bond acceptors (Lipinski definition) is 9. The van der Waals surface area contributed by atoms with E-state index in [1.807, 2.05) is 0 Å². The highest BCUT2D eigenvalue weighted by atomic mass is 32.2. The van der Waals surface area contributed by atoms with Crippen LogP contribution in [0.2, 0.25) is 0 Å². The van der Waals surface area contributed by atoms with Gasteiger partial charge < -0.3 is 15.2 Å². The Balaban J connectivity index is 1.92. The Labute approximate surface area is 165 Å². The van der Waals surface area contributed by atoms with Crippen molar-refractivity contribution in [3.8, 4) is 22.9 Å². The average molecular weight is 424 g/mol. The van der Waals surface area contributed by atoms with Crippen LogP contribution >= 0.6 is 11.5 Å². The smallest absolute Gasteiger partial charge is 0.228 e. The molecule has 3 aromatic rings. The number of hydrogen-bond donors (Lipinski definition) is 1. The van der Waals surface area contributed by atoms with E-state index in [-0.39, 0.29) is 21.7 Å². The molecule has 8 nitrogen and oxygen atoms in total. The molecule has 0 aliphatic carbocycles. The van der Waals surface area contributed by atoms with Gasteiger partial charge in [0.1, 0.15) is 17.7 Å². The third-order valence-corrected chi connectivity index (χ3v) is 6.17. The number of pyridine rings is 1. The van der Waals surface area contributed by atoms with Crippen molar-refractivity contribution in [2.75, 3.05) is 19.1 Å². The SMILES string of the molecule is COc1ccc(F)cc1C(C)Oc1cc(-c2nsc(S(C)(=O)=O)n2)cnc1N. The molecule has 1 aromatic carbocycles. The third-order valence-electron chi connectivity index (χ3n) is 3.80. The minimum Gasteiger partial charge on any atom is -0.496 e. The standard InChI is InChI=1S/C17H17FN4O4S2/c1-9(12-7-11(18)4-5-13(12)25-2)26-14-6-10(8-20-15(14)19)16-21-17(27-22-16)28(3,23)24/h4-9H,1-3H3,(H2,19,20). The highest BCUT2D eigenvalue weighted by Gasteiger charge is 2.19. The molecule has 2 N–H and O–H groups in total. The molecule has 0 bridgehead atoms. The maximum atomic E-state index is 13.6. The quantitative estimate of drug-likeness (QED) is 0.642. The minimum atomic E-state index is -3.46. The summed E-state index contributed by atoms with van der Waals surface area (Å²) in [5.74, 6) is 0.581. The first-order valence-electron chi connectivity index (χ1n) is 7.98. The zero-order valence-electron chi connectivity index (χ0n) is 15.2. The van der Waals surface area contributed by atoms with Crippen LogP contribution in [0, 0.1) is 5.82 Å². The molecule has 0 aliphatic rings. The Morgan fingerprint density at radius 1 is 1.25 bits per heavy atom. The summed E-state index contributed by atoms with van der Waals surface area (Å²) in [6.07, 6.45) is 1.88. The van der Waals surface area contributed by atoms with Crippen molar-refractivity contribution in [3.05, 3.63) is 41.8 Å². The molecule has 0 spiro atoms. The molecule has 0 radical (unpaired) electrons. The highest BCUT2D eigenvalue weighted by molar-refractivity contribution is 7.92. The van der Waals surface area contributed by atoms with E-state index in [0.29, 0.717) is 16.9 Å². The van der Waals surface area contributed by atoms with Gasteiger partial charge in [-0.3, -0.25) is 0 Å². The summed E-state index contributed by atoms with van der Waals surface area (Å²) >= 11 is 0.772. The lowest BCUT2D eigenvalue weighted by atomic mass is 10.1. The Kier molecular flexibility index (Phi) is 5.47. The topological polar surface area (TPSA) is 117 Å². The van der Waals surface area contributed by atoms with Crippen molar-refractivity contribution < 1.29 is 22.3 Å². The van der Waals surface area contributed by atoms with Gasteiger partial charge in [-0.25, -0.2) is 22.8 Å². The predicted molar refractivity (Wildman–Crippen MR) is 103 cm³/mol. The fraction of sp³-hybridized carbons (Fsp3) is 0.235. The van der Waals surface area contributed by atoms with Gasteiger partial charge in [0.25, 0.3) is 0 Å². The lowest BCUT2D eigenvalue weighted by Crippen LogP contribution is -2.08. The molecule has 0 saturated carbocycles. The molecule has 2 aromatic heterocycles. The number of nitrogen functional groups attached to an aromatic ring is 1. The fourth-order valence-electron chi connectivity index (χ4n) is 2.43. The first-order chi connectivity index (χ1) is 13.2. The van der Waals surface area contributed by atoms with Crippen molar-refractivity contribution in [3.63, 3.8) is 0 Å². The summed E-state index contributed by atoms with van der Waals surface area (Å²) in [4.78, 5) is 8.07. The third kappa shape index (κ3) is 4.20. The van der Waals surface area contributed by atoms with Gasteiger partial charge >= 0.3 is 0 Å². The number of methoxy groups -OCH3 is 1. The van der Waals surface area contributed by atoms with Crippen LogP contribution in [0.15, 0.2) is 34.8 Å². The Morgan fingerprint density at radius 3 is 2.64 bits per heavy atom. The molecule has 2 heterocycles. The molecule has 11 heteroatoms. The minimum absolute atomic E-state index is 0.0975. The van der Waals surface area contributed by atoms with Crippen molar-refractivity contribution in [2.24, 2.45) is 0 Å². The molecule has 1 atom stereocenters. The van der Waals surface area contributed by atoms with Crippen LogP contribution in [-0.2, 0) is 9.84 Å². The molecular weight excluding hydrogens is 407 g/mol. The first-order valence-corrected chi connectivity index (χ1v) is 10.6. The van der Waals surface area contributed by atoms with Gasteiger partial charge in [-0.1, -0.05) is 0 Å². The number of sulfone groups is 1. The average Bonchev–Trinajstić information content (AvgIpc) is 3.14. The Morgan fingerprint density at radius 2 is 2.00 bits per heavy atom. The van der Waals surface area contributed by atoms with Crippen LogP contribution < -0.4 is 15.2 Å². The van der Waals surface area contributed by atoms with E-state index in [9.17, 15) is 12.8 Å². The molecule has 0 saturated heterocycles. The largest absolute Gasteiger partial charge is 0.496 e. The molecule has 28 heavy (non-hydrogen) atoms. The summed E-state index contributed by atoms with van der Waals surface area (Å²) in [5, 5.41) is 0. The van der Waals surface area contributed by atoms with E-state index >= 15 is 0 Å².